The zero-order valence-electron chi connectivity index (χ0n) is 6.30. The zero-order valence-corrected chi connectivity index (χ0v) is 6.30. The molecule has 0 unspecified atom stereocenters. The predicted molar refractivity (Wildman–Crippen MR) is 44.4 cm³/mol. The van der Waals surface area contributed by atoms with Crippen molar-refractivity contribution in [3.8, 4) is 0 Å². The Morgan fingerprint density at radius 2 is 2.00 bits per heavy atom. The van der Waals surface area contributed by atoms with Crippen LogP contribution in [-0.4, -0.2) is 37.1 Å². The number of ether oxygens (including phenoxy) is 1. The Labute approximate surface area is 68.3 Å². The van der Waals surface area contributed by atoms with Gasteiger partial charge in [0.25, 0.3) is 0 Å². The summed E-state index contributed by atoms with van der Waals surface area (Å²) in [5, 5.41) is 0. The Morgan fingerprint density at radius 1 is 1.45 bits per heavy atom. The highest BCUT2D eigenvalue weighted by Crippen LogP contribution is 1.98. The van der Waals surface area contributed by atoms with E-state index < -0.39 is 0 Å². The van der Waals surface area contributed by atoms with Crippen molar-refractivity contribution in [2.75, 3.05) is 26.3 Å². The van der Waals surface area contributed by atoms with Crippen molar-refractivity contribution in [1.82, 2.24) is 4.90 Å². The molecule has 0 spiro atoms. The maximum Gasteiger partial charge on any atom is 0.222 e. The summed E-state index contributed by atoms with van der Waals surface area (Å²) >= 11 is 0. The predicted octanol–water partition coefficient (Wildman–Crippen LogP) is 0.891. The van der Waals surface area contributed by atoms with Gasteiger partial charge in [-0.05, 0) is 0 Å². The van der Waals surface area contributed by atoms with Gasteiger partial charge < -0.3 is 9.64 Å². The van der Waals surface area contributed by atoms with E-state index in [1.54, 1.807) is 0 Å². The van der Waals surface area contributed by atoms with Crippen LogP contribution in [0, 0.1) is 0 Å². The average molecular weight is 159 g/mol. The van der Waals surface area contributed by atoms with Gasteiger partial charge in [0.2, 0.25) is 5.91 Å². The highest BCUT2D eigenvalue weighted by Gasteiger charge is 2.13. The fourth-order valence-electron chi connectivity index (χ4n) is 1.04. The first-order valence-electron chi connectivity index (χ1n) is 3.70. The van der Waals surface area contributed by atoms with E-state index in [9.17, 15) is 4.79 Å². The van der Waals surface area contributed by atoms with E-state index in [1.165, 1.54) is 0 Å². The van der Waals surface area contributed by atoms with Crippen molar-refractivity contribution >= 4 is 5.91 Å². The molecule has 0 aromatic rings. The lowest BCUT2D eigenvalue weighted by Crippen LogP contribution is -2.40. The van der Waals surface area contributed by atoms with Gasteiger partial charge in [0, 0.05) is 19.5 Å². The Hall–Kier alpha value is -0.570. The minimum Gasteiger partial charge on any atom is -0.378 e. The van der Waals surface area contributed by atoms with Gasteiger partial charge in [-0.25, -0.2) is 0 Å². The Balaban J connectivity index is 0.000001000. The molecule has 1 saturated heterocycles. The molecule has 1 fully saturated rings. The van der Waals surface area contributed by atoms with Crippen LogP contribution in [-0.2, 0) is 9.53 Å². The third-order valence-electron chi connectivity index (χ3n) is 1.67. The van der Waals surface area contributed by atoms with E-state index in [-0.39, 0.29) is 13.3 Å². The summed E-state index contributed by atoms with van der Waals surface area (Å²) in [6.07, 6.45) is 0.611. The number of morpholine rings is 1. The second-order valence-electron chi connectivity index (χ2n) is 2.35. The van der Waals surface area contributed by atoms with Crippen LogP contribution in [0.2, 0.25) is 0 Å². The highest BCUT2D eigenvalue weighted by atomic mass is 16.5. The lowest BCUT2D eigenvalue weighted by molar-refractivity contribution is -0.134. The summed E-state index contributed by atoms with van der Waals surface area (Å²) in [5.74, 6) is 0.239. The third-order valence-corrected chi connectivity index (χ3v) is 1.67. The maximum atomic E-state index is 11.0. The standard InChI is InChI=1S/C7H13NO2.CH4/c1-2-7(9)8-3-5-10-6-4-8;/h2-6H2,1H3;1H4. The minimum atomic E-state index is 0. The summed E-state index contributed by atoms with van der Waals surface area (Å²) < 4.78 is 5.10. The molecule has 0 atom stereocenters. The van der Waals surface area contributed by atoms with E-state index in [0.717, 1.165) is 13.1 Å². The van der Waals surface area contributed by atoms with Crippen molar-refractivity contribution < 1.29 is 9.53 Å². The van der Waals surface area contributed by atoms with Crippen LogP contribution < -0.4 is 0 Å². The molecule has 66 valence electrons. The number of hydrogen-bond donors (Lipinski definition) is 0. The first-order chi connectivity index (χ1) is 4.84. The molecule has 1 aliphatic heterocycles. The largest absolute Gasteiger partial charge is 0.378 e. The normalized spacial score (nSPS) is 17.4. The molecule has 0 saturated carbocycles. The molecule has 3 heteroatoms. The van der Waals surface area contributed by atoms with Gasteiger partial charge in [0.15, 0.2) is 0 Å². The lowest BCUT2D eigenvalue weighted by Gasteiger charge is -2.26. The number of carbonyl (C=O) groups excluding carboxylic acids is 1. The van der Waals surface area contributed by atoms with E-state index in [4.69, 9.17) is 4.74 Å². The first kappa shape index (κ1) is 10.4. The fourth-order valence-corrected chi connectivity index (χ4v) is 1.04. The lowest BCUT2D eigenvalue weighted by atomic mass is 10.3. The summed E-state index contributed by atoms with van der Waals surface area (Å²) in [6, 6.07) is 0. The van der Waals surface area contributed by atoms with Crippen molar-refractivity contribution in [3.63, 3.8) is 0 Å². The zero-order chi connectivity index (χ0) is 7.40. The monoisotopic (exact) mass is 159 g/mol. The molecular weight excluding hydrogens is 142 g/mol. The topological polar surface area (TPSA) is 29.5 Å². The molecule has 0 aliphatic carbocycles. The number of nitrogens with zero attached hydrogens (tertiary/aromatic N) is 1. The van der Waals surface area contributed by atoms with Crippen LogP contribution in [0.5, 0.6) is 0 Å². The molecule has 0 aromatic heterocycles. The molecule has 0 radical (unpaired) electrons. The number of hydrogen-bond acceptors (Lipinski definition) is 2. The fraction of sp³-hybridized carbons (Fsp3) is 0.875. The van der Waals surface area contributed by atoms with Crippen molar-refractivity contribution in [2.24, 2.45) is 0 Å². The van der Waals surface area contributed by atoms with Crippen LogP contribution in [0.3, 0.4) is 0 Å². The molecular formula is C8H17NO2. The third kappa shape index (κ3) is 2.89. The van der Waals surface area contributed by atoms with Gasteiger partial charge >= 0.3 is 0 Å². The Bertz CT molecular complexity index is 119. The molecule has 11 heavy (non-hydrogen) atoms. The van der Waals surface area contributed by atoms with E-state index in [2.05, 4.69) is 0 Å². The second-order valence-corrected chi connectivity index (χ2v) is 2.35. The van der Waals surface area contributed by atoms with Gasteiger partial charge in [0.1, 0.15) is 0 Å². The van der Waals surface area contributed by atoms with Crippen LogP contribution in [0.25, 0.3) is 0 Å². The molecule has 0 N–H and O–H groups in total. The first-order valence-corrected chi connectivity index (χ1v) is 3.70. The highest BCUT2D eigenvalue weighted by molar-refractivity contribution is 5.75. The molecule has 1 aliphatic rings. The van der Waals surface area contributed by atoms with Gasteiger partial charge in [-0.2, -0.15) is 0 Å². The number of amides is 1. The number of carbonyl (C=O) groups is 1. The second kappa shape index (κ2) is 5.13. The van der Waals surface area contributed by atoms with E-state index >= 15 is 0 Å². The summed E-state index contributed by atoms with van der Waals surface area (Å²) in [5.41, 5.74) is 0. The van der Waals surface area contributed by atoms with Crippen LogP contribution in [0.1, 0.15) is 20.8 Å². The summed E-state index contributed by atoms with van der Waals surface area (Å²) in [6.45, 7) is 4.83. The van der Waals surface area contributed by atoms with Gasteiger partial charge in [-0.1, -0.05) is 14.4 Å². The summed E-state index contributed by atoms with van der Waals surface area (Å²) in [4.78, 5) is 12.9. The quantitative estimate of drug-likeness (QED) is 0.568. The minimum absolute atomic E-state index is 0. The molecule has 0 bridgehead atoms. The molecule has 0 aromatic carbocycles. The van der Waals surface area contributed by atoms with Gasteiger partial charge in [-0.3, -0.25) is 4.79 Å². The smallest absolute Gasteiger partial charge is 0.222 e. The maximum absolute atomic E-state index is 11.0. The van der Waals surface area contributed by atoms with Crippen LogP contribution in [0.15, 0.2) is 0 Å². The Kier molecular flexibility index (Phi) is 4.86. The average Bonchev–Trinajstić information content (AvgIpc) is 2.05. The van der Waals surface area contributed by atoms with Gasteiger partial charge in [-0.15, -0.1) is 0 Å². The van der Waals surface area contributed by atoms with Gasteiger partial charge in [0.05, 0.1) is 13.2 Å². The van der Waals surface area contributed by atoms with Crippen LogP contribution >= 0.6 is 0 Å². The number of rotatable bonds is 1. The SMILES string of the molecule is C.CCC(=O)N1CCOCC1. The van der Waals surface area contributed by atoms with Crippen LogP contribution in [0.4, 0.5) is 0 Å². The molecule has 1 heterocycles. The summed E-state index contributed by atoms with van der Waals surface area (Å²) in [7, 11) is 0. The van der Waals surface area contributed by atoms with Crippen molar-refractivity contribution in [1.29, 1.82) is 0 Å². The van der Waals surface area contributed by atoms with E-state index in [0.29, 0.717) is 19.6 Å². The molecule has 1 amide bonds. The van der Waals surface area contributed by atoms with Crippen molar-refractivity contribution in [3.05, 3.63) is 0 Å². The van der Waals surface area contributed by atoms with E-state index in [1.807, 2.05) is 11.8 Å². The molecule has 1 rings (SSSR count). The molecule has 3 nitrogen and oxygen atoms in total. The van der Waals surface area contributed by atoms with Crippen molar-refractivity contribution in [2.45, 2.75) is 20.8 Å². The Morgan fingerprint density at radius 3 is 2.45 bits per heavy atom.